The lowest BCUT2D eigenvalue weighted by Crippen LogP contribution is -2.21. The van der Waals surface area contributed by atoms with Gasteiger partial charge >= 0.3 is 0 Å². The van der Waals surface area contributed by atoms with E-state index >= 15 is 0 Å². The second-order valence-electron chi connectivity index (χ2n) is 2.12. The summed E-state index contributed by atoms with van der Waals surface area (Å²) in [5, 5.41) is 0. The fourth-order valence-corrected chi connectivity index (χ4v) is 0.860. The van der Waals surface area contributed by atoms with Crippen LogP contribution in [-0.2, 0) is 0 Å². The molecule has 0 aromatic heterocycles. The largest absolute Gasteiger partial charge is 0.371 e. The summed E-state index contributed by atoms with van der Waals surface area (Å²) in [5.41, 5.74) is 0. The minimum atomic E-state index is 0.977. The maximum atomic E-state index is 3.96. The molecule has 0 atom stereocenters. The second-order valence-corrected chi connectivity index (χ2v) is 2.12. The van der Waals surface area contributed by atoms with Crippen LogP contribution in [0.4, 0.5) is 0 Å². The van der Waals surface area contributed by atoms with Gasteiger partial charge in [0.15, 0.2) is 0 Å². The average molecular weight is 124 g/mol. The topological polar surface area (TPSA) is 15.6 Å². The van der Waals surface area contributed by atoms with Crippen molar-refractivity contribution >= 4 is 6.21 Å². The summed E-state index contributed by atoms with van der Waals surface area (Å²) in [7, 11) is 0. The first kappa shape index (κ1) is 6.33. The Morgan fingerprint density at radius 2 is 2.56 bits per heavy atom. The number of hydrogen-bond acceptors (Lipinski definition) is 2. The molecule has 0 bridgehead atoms. The van der Waals surface area contributed by atoms with Gasteiger partial charge in [-0.05, 0) is 6.42 Å². The van der Waals surface area contributed by atoms with Gasteiger partial charge in [0.25, 0.3) is 0 Å². The number of hydrogen-bond donors (Lipinski definition) is 0. The van der Waals surface area contributed by atoms with Crippen molar-refractivity contribution in [2.24, 2.45) is 4.99 Å². The number of nitrogens with zero attached hydrogens (tertiary/aromatic N) is 2. The van der Waals surface area contributed by atoms with Crippen LogP contribution < -0.4 is 0 Å². The molecule has 1 aliphatic rings. The van der Waals surface area contributed by atoms with Crippen LogP contribution in [0.25, 0.3) is 0 Å². The van der Waals surface area contributed by atoms with Gasteiger partial charge in [0, 0.05) is 25.2 Å². The molecule has 0 aliphatic carbocycles. The molecule has 1 heterocycles. The third kappa shape index (κ3) is 1.88. The molecule has 0 fully saturated rings. The normalized spacial score (nSPS) is 16.8. The molecule has 1 rings (SSSR count). The third-order valence-corrected chi connectivity index (χ3v) is 1.30. The van der Waals surface area contributed by atoms with E-state index in [1.165, 1.54) is 6.42 Å². The van der Waals surface area contributed by atoms with Gasteiger partial charge in [0.1, 0.15) is 0 Å². The molecule has 0 radical (unpaired) electrons. The molecular weight excluding hydrogens is 112 g/mol. The maximum absolute atomic E-state index is 3.96. The first-order chi connectivity index (χ1) is 4.43. The molecule has 0 amide bonds. The van der Waals surface area contributed by atoms with Gasteiger partial charge < -0.3 is 4.90 Å². The molecule has 50 valence electrons. The van der Waals surface area contributed by atoms with E-state index in [4.69, 9.17) is 0 Å². The van der Waals surface area contributed by atoms with Crippen LogP contribution in [0.3, 0.4) is 0 Å². The Bertz CT molecular complexity index is 127. The summed E-state index contributed by atoms with van der Waals surface area (Å²) in [6.45, 7) is 4.30. The van der Waals surface area contributed by atoms with Crippen molar-refractivity contribution in [3.63, 3.8) is 0 Å². The molecule has 0 spiro atoms. The van der Waals surface area contributed by atoms with E-state index in [1.54, 1.807) is 0 Å². The fourth-order valence-electron chi connectivity index (χ4n) is 0.860. The molecular formula is C7H12N2. The van der Waals surface area contributed by atoms with E-state index in [1.807, 2.05) is 18.6 Å². The number of rotatable bonds is 2. The molecule has 0 N–H and O–H groups in total. The zero-order valence-electron chi connectivity index (χ0n) is 5.75. The van der Waals surface area contributed by atoms with E-state index < -0.39 is 0 Å². The minimum Gasteiger partial charge on any atom is -0.371 e. The summed E-state index contributed by atoms with van der Waals surface area (Å²) < 4.78 is 0. The lowest BCUT2D eigenvalue weighted by Gasteiger charge is -2.17. The van der Waals surface area contributed by atoms with Crippen LogP contribution in [0.15, 0.2) is 17.4 Å². The SMILES string of the molecule is CCCN1C=CN=CC1. The highest BCUT2D eigenvalue weighted by Crippen LogP contribution is 1.94. The van der Waals surface area contributed by atoms with Crippen molar-refractivity contribution in [3.8, 4) is 0 Å². The predicted molar refractivity (Wildman–Crippen MR) is 39.5 cm³/mol. The molecule has 2 nitrogen and oxygen atoms in total. The van der Waals surface area contributed by atoms with Crippen LogP contribution in [0, 0.1) is 0 Å². The summed E-state index contributed by atoms with van der Waals surface area (Å²) in [6.07, 6.45) is 7.00. The van der Waals surface area contributed by atoms with Crippen LogP contribution in [0.1, 0.15) is 13.3 Å². The smallest absolute Gasteiger partial charge is 0.0527 e. The lowest BCUT2D eigenvalue weighted by atomic mass is 10.4. The zero-order chi connectivity index (χ0) is 6.53. The molecule has 0 saturated carbocycles. The maximum Gasteiger partial charge on any atom is 0.0527 e. The van der Waals surface area contributed by atoms with Crippen LogP contribution in [-0.4, -0.2) is 24.2 Å². The Kier molecular flexibility index (Phi) is 2.31. The van der Waals surface area contributed by atoms with Gasteiger partial charge in [0.2, 0.25) is 0 Å². The minimum absolute atomic E-state index is 0.977. The fraction of sp³-hybridized carbons (Fsp3) is 0.571. The molecule has 1 aliphatic heterocycles. The third-order valence-electron chi connectivity index (χ3n) is 1.30. The number of aliphatic imine (C=N–C) groups is 1. The summed E-state index contributed by atoms with van der Waals surface area (Å²) in [5.74, 6) is 0. The molecule has 0 aromatic carbocycles. The summed E-state index contributed by atoms with van der Waals surface area (Å²) in [6, 6.07) is 0. The highest BCUT2D eigenvalue weighted by Gasteiger charge is 1.95. The Balaban J connectivity index is 2.28. The zero-order valence-corrected chi connectivity index (χ0v) is 5.75. The Morgan fingerprint density at radius 1 is 1.67 bits per heavy atom. The van der Waals surface area contributed by atoms with E-state index in [9.17, 15) is 0 Å². The van der Waals surface area contributed by atoms with Crippen molar-refractivity contribution in [3.05, 3.63) is 12.4 Å². The van der Waals surface area contributed by atoms with E-state index in [2.05, 4.69) is 16.8 Å². The van der Waals surface area contributed by atoms with E-state index in [0.29, 0.717) is 0 Å². The summed E-state index contributed by atoms with van der Waals surface area (Å²) >= 11 is 0. The van der Waals surface area contributed by atoms with Gasteiger partial charge in [-0.2, -0.15) is 0 Å². The van der Waals surface area contributed by atoms with E-state index in [0.717, 1.165) is 13.1 Å². The Morgan fingerprint density at radius 3 is 3.11 bits per heavy atom. The van der Waals surface area contributed by atoms with Crippen molar-refractivity contribution in [2.45, 2.75) is 13.3 Å². The van der Waals surface area contributed by atoms with Crippen molar-refractivity contribution < 1.29 is 0 Å². The van der Waals surface area contributed by atoms with Gasteiger partial charge in [-0.1, -0.05) is 6.92 Å². The molecule has 0 saturated heterocycles. The van der Waals surface area contributed by atoms with Crippen molar-refractivity contribution in [1.82, 2.24) is 4.90 Å². The van der Waals surface area contributed by atoms with Crippen molar-refractivity contribution in [2.75, 3.05) is 13.1 Å². The van der Waals surface area contributed by atoms with Crippen LogP contribution >= 0.6 is 0 Å². The van der Waals surface area contributed by atoms with Gasteiger partial charge in [-0.3, -0.25) is 4.99 Å². The Labute approximate surface area is 55.9 Å². The second kappa shape index (κ2) is 3.28. The van der Waals surface area contributed by atoms with E-state index in [-0.39, 0.29) is 0 Å². The van der Waals surface area contributed by atoms with Crippen LogP contribution in [0.2, 0.25) is 0 Å². The highest BCUT2D eigenvalue weighted by molar-refractivity contribution is 5.61. The van der Waals surface area contributed by atoms with Gasteiger partial charge in [-0.15, -0.1) is 0 Å². The van der Waals surface area contributed by atoms with Crippen molar-refractivity contribution in [1.29, 1.82) is 0 Å². The molecule has 0 unspecified atom stereocenters. The molecule has 0 aromatic rings. The Hall–Kier alpha value is -0.790. The average Bonchev–Trinajstić information content (AvgIpc) is 1.91. The first-order valence-corrected chi connectivity index (χ1v) is 3.36. The summed E-state index contributed by atoms with van der Waals surface area (Å²) in [4.78, 5) is 6.21. The van der Waals surface area contributed by atoms with Gasteiger partial charge in [-0.25, -0.2) is 0 Å². The monoisotopic (exact) mass is 124 g/mol. The first-order valence-electron chi connectivity index (χ1n) is 3.36. The lowest BCUT2D eigenvalue weighted by molar-refractivity contribution is 0.424. The highest BCUT2D eigenvalue weighted by atomic mass is 15.1. The molecule has 9 heavy (non-hydrogen) atoms. The van der Waals surface area contributed by atoms with Crippen LogP contribution in [0.5, 0.6) is 0 Å². The standard InChI is InChI=1S/C7H12N2/c1-2-5-9-6-3-8-4-7-9/h3-4,6H,2,5,7H2,1H3. The van der Waals surface area contributed by atoms with Gasteiger partial charge in [0.05, 0.1) is 6.54 Å². The predicted octanol–water partition coefficient (Wildman–Crippen LogP) is 1.25. The molecule has 2 heteroatoms. The quantitative estimate of drug-likeness (QED) is 0.541.